The second-order valence-corrected chi connectivity index (χ2v) is 6.65. The number of aryl methyl sites for hydroxylation is 2. The Bertz CT molecular complexity index is 544. The van der Waals surface area contributed by atoms with Gasteiger partial charge < -0.3 is 9.67 Å². The van der Waals surface area contributed by atoms with Crippen LogP contribution in [0.5, 0.6) is 0 Å². The van der Waals surface area contributed by atoms with Crippen LogP contribution in [0.25, 0.3) is 0 Å². The van der Waals surface area contributed by atoms with E-state index in [1.165, 1.54) is 4.31 Å². The molecule has 18 heavy (non-hydrogen) atoms. The Morgan fingerprint density at radius 2 is 2.06 bits per heavy atom. The van der Waals surface area contributed by atoms with Crippen molar-refractivity contribution in [3.63, 3.8) is 0 Å². The topological polar surface area (TPSA) is 75.4 Å². The molecule has 1 aromatic heterocycles. The molecule has 2 heterocycles. The number of hydrogen-bond acceptors (Lipinski definition) is 4. The van der Waals surface area contributed by atoms with E-state index in [2.05, 4.69) is 4.98 Å². The Labute approximate surface area is 107 Å². The van der Waals surface area contributed by atoms with Crippen LogP contribution < -0.4 is 0 Å². The van der Waals surface area contributed by atoms with Crippen LogP contribution in [0.3, 0.4) is 0 Å². The molecule has 1 aliphatic heterocycles. The third kappa shape index (κ3) is 2.06. The maximum atomic E-state index is 12.2. The standard InChI is InChI=1S/C11H19N3O3S/c1-4-11(15)7-14(8-11)18(16,17)10-6-13(5-2)9(3)12-10/h6,15H,4-5,7-8H2,1-3H3. The lowest BCUT2D eigenvalue weighted by Gasteiger charge is -2.44. The van der Waals surface area contributed by atoms with Crippen LogP contribution in [-0.2, 0) is 16.6 Å². The summed E-state index contributed by atoms with van der Waals surface area (Å²) in [6.45, 7) is 6.56. The molecule has 7 heteroatoms. The highest BCUT2D eigenvalue weighted by Gasteiger charge is 2.46. The minimum absolute atomic E-state index is 0.0694. The maximum absolute atomic E-state index is 12.2. The Kier molecular flexibility index (Phi) is 3.25. The van der Waals surface area contributed by atoms with Crippen molar-refractivity contribution in [2.24, 2.45) is 0 Å². The first kappa shape index (κ1) is 13.5. The quantitative estimate of drug-likeness (QED) is 0.859. The zero-order chi connectivity index (χ0) is 13.6. The van der Waals surface area contributed by atoms with Crippen molar-refractivity contribution in [2.75, 3.05) is 13.1 Å². The smallest absolute Gasteiger partial charge is 0.262 e. The van der Waals surface area contributed by atoms with Gasteiger partial charge in [-0.1, -0.05) is 6.92 Å². The Hall–Kier alpha value is -0.920. The normalized spacial score (nSPS) is 19.8. The van der Waals surface area contributed by atoms with Crippen LogP contribution in [-0.4, -0.2) is 46.1 Å². The average Bonchev–Trinajstić information content (AvgIpc) is 2.67. The molecule has 1 saturated heterocycles. The van der Waals surface area contributed by atoms with Gasteiger partial charge in [0.2, 0.25) is 0 Å². The third-order valence-corrected chi connectivity index (χ3v) is 5.16. The van der Waals surface area contributed by atoms with Crippen LogP contribution >= 0.6 is 0 Å². The lowest BCUT2D eigenvalue weighted by atomic mass is 9.94. The second-order valence-electron chi connectivity index (χ2n) is 4.76. The molecule has 0 unspecified atom stereocenters. The number of hydrogen-bond donors (Lipinski definition) is 1. The summed E-state index contributed by atoms with van der Waals surface area (Å²) in [4.78, 5) is 4.08. The van der Waals surface area contributed by atoms with E-state index in [0.717, 1.165) is 0 Å². The van der Waals surface area contributed by atoms with Crippen LogP contribution in [0.15, 0.2) is 11.2 Å². The summed E-state index contributed by atoms with van der Waals surface area (Å²) >= 11 is 0. The molecule has 0 saturated carbocycles. The van der Waals surface area contributed by atoms with E-state index >= 15 is 0 Å². The van der Waals surface area contributed by atoms with E-state index < -0.39 is 15.6 Å². The summed E-state index contributed by atoms with van der Waals surface area (Å²) in [6, 6.07) is 0. The van der Waals surface area contributed by atoms with Crippen LogP contribution in [0.4, 0.5) is 0 Å². The maximum Gasteiger partial charge on any atom is 0.262 e. The summed E-state index contributed by atoms with van der Waals surface area (Å²) in [5.41, 5.74) is -0.866. The fourth-order valence-electron chi connectivity index (χ4n) is 2.06. The summed E-state index contributed by atoms with van der Waals surface area (Å²) in [5.74, 6) is 0.683. The summed E-state index contributed by atoms with van der Waals surface area (Å²) in [6.07, 6.45) is 2.11. The summed E-state index contributed by atoms with van der Waals surface area (Å²) in [7, 11) is -3.55. The first-order valence-electron chi connectivity index (χ1n) is 6.08. The van der Waals surface area contributed by atoms with Gasteiger partial charge in [0.1, 0.15) is 5.82 Å². The molecular formula is C11H19N3O3S. The monoisotopic (exact) mass is 273 g/mol. The fraction of sp³-hybridized carbons (Fsp3) is 0.727. The highest BCUT2D eigenvalue weighted by molar-refractivity contribution is 7.89. The number of rotatable bonds is 4. The van der Waals surface area contributed by atoms with Gasteiger partial charge >= 0.3 is 0 Å². The van der Waals surface area contributed by atoms with Crippen molar-refractivity contribution in [1.82, 2.24) is 13.9 Å². The first-order valence-corrected chi connectivity index (χ1v) is 7.52. The van der Waals surface area contributed by atoms with E-state index in [0.29, 0.717) is 18.8 Å². The molecule has 0 spiro atoms. The number of nitrogens with zero attached hydrogens (tertiary/aromatic N) is 3. The van der Waals surface area contributed by atoms with Gasteiger partial charge in [-0.3, -0.25) is 0 Å². The van der Waals surface area contributed by atoms with E-state index in [1.807, 2.05) is 13.8 Å². The minimum Gasteiger partial charge on any atom is -0.387 e. The lowest BCUT2D eigenvalue weighted by molar-refractivity contribution is -0.0614. The van der Waals surface area contributed by atoms with Crippen LogP contribution in [0, 0.1) is 6.92 Å². The zero-order valence-electron chi connectivity index (χ0n) is 10.9. The summed E-state index contributed by atoms with van der Waals surface area (Å²) < 4.78 is 27.5. The third-order valence-electron chi connectivity index (χ3n) is 3.50. The van der Waals surface area contributed by atoms with Gasteiger partial charge in [0, 0.05) is 25.8 Å². The van der Waals surface area contributed by atoms with Crippen molar-refractivity contribution in [3.8, 4) is 0 Å². The van der Waals surface area contributed by atoms with Gasteiger partial charge in [0.15, 0.2) is 5.03 Å². The van der Waals surface area contributed by atoms with Crippen molar-refractivity contribution in [2.45, 2.75) is 44.4 Å². The van der Waals surface area contributed by atoms with E-state index in [9.17, 15) is 13.5 Å². The lowest BCUT2D eigenvalue weighted by Crippen LogP contribution is -2.62. The number of aliphatic hydroxyl groups is 1. The average molecular weight is 273 g/mol. The molecule has 0 bridgehead atoms. The Balaban J connectivity index is 2.22. The van der Waals surface area contributed by atoms with Gasteiger partial charge in [0.25, 0.3) is 10.0 Å². The molecule has 0 radical (unpaired) electrons. The Morgan fingerprint density at radius 1 is 1.44 bits per heavy atom. The Morgan fingerprint density at radius 3 is 2.50 bits per heavy atom. The molecule has 0 atom stereocenters. The van der Waals surface area contributed by atoms with Gasteiger partial charge in [-0.2, -0.15) is 4.31 Å². The fourth-order valence-corrected chi connectivity index (χ4v) is 3.65. The molecule has 0 aliphatic carbocycles. The first-order chi connectivity index (χ1) is 8.32. The predicted molar refractivity (Wildman–Crippen MR) is 66.6 cm³/mol. The molecule has 0 aromatic carbocycles. The van der Waals surface area contributed by atoms with E-state index in [1.54, 1.807) is 17.7 Å². The van der Waals surface area contributed by atoms with E-state index in [-0.39, 0.29) is 18.1 Å². The van der Waals surface area contributed by atoms with Crippen molar-refractivity contribution < 1.29 is 13.5 Å². The predicted octanol–water partition coefficient (Wildman–Crippen LogP) is 0.357. The van der Waals surface area contributed by atoms with Crippen LogP contribution in [0.1, 0.15) is 26.1 Å². The van der Waals surface area contributed by atoms with Crippen LogP contribution in [0.2, 0.25) is 0 Å². The second kappa shape index (κ2) is 4.32. The van der Waals surface area contributed by atoms with E-state index in [4.69, 9.17) is 0 Å². The summed E-state index contributed by atoms with van der Waals surface area (Å²) in [5, 5.41) is 9.94. The number of imidazole rings is 1. The van der Waals surface area contributed by atoms with Crippen molar-refractivity contribution in [3.05, 3.63) is 12.0 Å². The SMILES string of the molecule is CCn1cc(S(=O)(=O)N2CC(O)(CC)C2)nc1C. The molecule has 0 amide bonds. The molecule has 1 fully saturated rings. The molecule has 6 nitrogen and oxygen atoms in total. The minimum atomic E-state index is -3.55. The largest absolute Gasteiger partial charge is 0.387 e. The number of aromatic nitrogens is 2. The highest BCUT2D eigenvalue weighted by Crippen LogP contribution is 2.29. The molecule has 1 aromatic rings. The van der Waals surface area contributed by atoms with Crippen molar-refractivity contribution in [1.29, 1.82) is 0 Å². The van der Waals surface area contributed by atoms with Gasteiger partial charge in [-0.25, -0.2) is 13.4 Å². The van der Waals surface area contributed by atoms with Crippen molar-refractivity contribution >= 4 is 10.0 Å². The zero-order valence-corrected chi connectivity index (χ0v) is 11.7. The van der Waals surface area contributed by atoms with Gasteiger partial charge in [-0.05, 0) is 20.3 Å². The van der Waals surface area contributed by atoms with Gasteiger partial charge in [0.05, 0.1) is 5.60 Å². The molecule has 102 valence electrons. The molecular weight excluding hydrogens is 254 g/mol. The molecule has 2 rings (SSSR count). The number of β-amino-alcohol motifs (C(OH)–C–C–N with tert-alkyl or cyclic N) is 1. The van der Waals surface area contributed by atoms with Gasteiger partial charge in [-0.15, -0.1) is 0 Å². The highest BCUT2D eigenvalue weighted by atomic mass is 32.2. The number of sulfonamides is 1. The molecule has 1 aliphatic rings. The molecule has 1 N–H and O–H groups in total.